The lowest BCUT2D eigenvalue weighted by atomic mass is 9.89. The smallest absolute Gasteiger partial charge is 0.313 e. The summed E-state index contributed by atoms with van der Waals surface area (Å²) < 4.78 is 0.664. The Morgan fingerprint density at radius 1 is 1.27 bits per heavy atom. The molecule has 6 N–H and O–H groups in total. The van der Waals surface area contributed by atoms with Crippen LogP contribution in [0.15, 0.2) is 44.7 Å². The maximum absolute atomic E-state index is 13.3. The van der Waals surface area contributed by atoms with Gasteiger partial charge in [-0.15, -0.1) is 33.3 Å². The maximum Gasteiger partial charge on any atom is 0.313 e. The standard InChI is InChI=1S/C23H24N8O5S4/c24-5-12-1-3-13(4-2-12)6-36-30-15(14-7-37-21(25)27-14)17(32)28-16-18(33)31-8-23(20(34)35,9-38-19(16)31)10-39-22-29-26-11-40-22/h1-4,7,11,16,19H,5-6,8-10,24H2,(H2,25,27)(H,28,32)(H,34,35)/t16?,19-,23?/m1/s1. The van der Waals surface area contributed by atoms with Gasteiger partial charge in [-0.1, -0.05) is 52.5 Å². The van der Waals surface area contributed by atoms with Crippen LogP contribution in [0.4, 0.5) is 5.13 Å². The predicted molar refractivity (Wildman–Crippen MR) is 153 cm³/mol. The summed E-state index contributed by atoms with van der Waals surface area (Å²) in [6, 6.07) is 6.61. The Hall–Kier alpha value is -3.25. The van der Waals surface area contributed by atoms with E-state index in [9.17, 15) is 19.5 Å². The fourth-order valence-electron chi connectivity index (χ4n) is 4.09. The van der Waals surface area contributed by atoms with E-state index in [1.54, 1.807) is 10.9 Å². The van der Waals surface area contributed by atoms with E-state index < -0.39 is 28.7 Å². The molecule has 0 spiro atoms. The quantitative estimate of drug-likeness (QED) is 0.104. The van der Waals surface area contributed by atoms with Gasteiger partial charge < -0.3 is 31.6 Å². The van der Waals surface area contributed by atoms with Crippen molar-refractivity contribution >= 4 is 74.8 Å². The first-order valence-electron chi connectivity index (χ1n) is 11.8. The number of nitrogens with one attached hydrogen (secondary N) is 1. The number of aromatic nitrogens is 3. The number of thiazole rings is 1. The van der Waals surface area contributed by atoms with E-state index in [1.807, 2.05) is 24.3 Å². The van der Waals surface area contributed by atoms with Gasteiger partial charge in [0.1, 0.15) is 34.6 Å². The second-order valence-electron chi connectivity index (χ2n) is 9.00. The number of β-lactam (4-membered cyclic amide) rings is 1. The number of nitrogens with two attached hydrogens (primary N) is 2. The average molecular weight is 621 g/mol. The van der Waals surface area contributed by atoms with Crippen LogP contribution in [0.1, 0.15) is 16.8 Å². The van der Waals surface area contributed by atoms with Gasteiger partial charge in [0.15, 0.2) is 15.2 Å². The largest absolute Gasteiger partial charge is 0.481 e. The number of carboxylic acids is 1. The summed E-state index contributed by atoms with van der Waals surface area (Å²) in [5.41, 5.74) is 13.7. The zero-order chi connectivity index (χ0) is 28.3. The van der Waals surface area contributed by atoms with Gasteiger partial charge in [-0.25, -0.2) is 4.98 Å². The highest BCUT2D eigenvalue weighted by Crippen LogP contribution is 2.44. The number of amides is 2. The molecular weight excluding hydrogens is 597 g/mol. The van der Waals surface area contributed by atoms with Crippen LogP contribution < -0.4 is 16.8 Å². The van der Waals surface area contributed by atoms with Crippen molar-refractivity contribution in [3.63, 3.8) is 0 Å². The molecule has 3 aromatic rings. The Bertz CT molecular complexity index is 1420. The molecule has 2 saturated heterocycles. The maximum atomic E-state index is 13.3. The molecule has 2 aromatic heterocycles. The summed E-state index contributed by atoms with van der Waals surface area (Å²) in [7, 11) is 0. The summed E-state index contributed by atoms with van der Waals surface area (Å²) >= 11 is 5.09. The van der Waals surface area contributed by atoms with Crippen molar-refractivity contribution in [3.05, 3.63) is 52.0 Å². The molecule has 2 aliphatic rings. The monoisotopic (exact) mass is 620 g/mol. The first-order chi connectivity index (χ1) is 19.3. The number of nitrogen functional groups attached to an aromatic ring is 1. The molecule has 0 radical (unpaired) electrons. The minimum absolute atomic E-state index is 0.0344. The SMILES string of the molecule is NCc1ccc(CON=C(C(=O)NC2C(=O)N3CC(CSc4nncs4)(C(=O)O)CS[C@H]23)c2csc(N)n2)cc1. The predicted octanol–water partition coefficient (Wildman–Crippen LogP) is 1.22. The third kappa shape index (κ3) is 5.92. The Morgan fingerprint density at radius 3 is 2.70 bits per heavy atom. The lowest BCUT2D eigenvalue weighted by Gasteiger charge is -2.53. The number of carbonyl (C=O) groups excluding carboxylic acids is 2. The second kappa shape index (κ2) is 12.1. The van der Waals surface area contributed by atoms with Crippen LogP contribution in [-0.2, 0) is 32.4 Å². The van der Waals surface area contributed by atoms with Gasteiger partial charge in [-0.3, -0.25) is 14.4 Å². The summed E-state index contributed by atoms with van der Waals surface area (Å²) in [5, 5.41) is 25.9. The van der Waals surface area contributed by atoms with Crippen molar-refractivity contribution in [2.45, 2.75) is 28.9 Å². The molecule has 2 amide bonds. The molecule has 0 saturated carbocycles. The van der Waals surface area contributed by atoms with Gasteiger partial charge in [0, 0.05) is 30.0 Å². The van der Waals surface area contributed by atoms with Crippen LogP contribution in [0.5, 0.6) is 0 Å². The van der Waals surface area contributed by atoms with Crippen molar-refractivity contribution in [2.24, 2.45) is 16.3 Å². The van der Waals surface area contributed by atoms with Crippen LogP contribution in [0.2, 0.25) is 0 Å². The first kappa shape index (κ1) is 28.3. The number of nitrogens with zero attached hydrogens (tertiary/aromatic N) is 5. The van der Waals surface area contributed by atoms with Crippen LogP contribution >= 0.6 is 46.2 Å². The van der Waals surface area contributed by atoms with Gasteiger partial charge in [0.2, 0.25) is 5.91 Å². The van der Waals surface area contributed by atoms with E-state index in [0.717, 1.165) is 22.5 Å². The minimum Gasteiger partial charge on any atom is -0.481 e. The molecule has 4 heterocycles. The molecule has 13 nitrogen and oxygen atoms in total. The minimum atomic E-state index is -1.15. The third-order valence-electron chi connectivity index (χ3n) is 6.32. The molecule has 210 valence electrons. The molecule has 40 heavy (non-hydrogen) atoms. The van der Waals surface area contributed by atoms with E-state index in [2.05, 4.69) is 25.7 Å². The van der Waals surface area contributed by atoms with Gasteiger partial charge in [-0.2, -0.15) is 0 Å². The molecule has 3 atom stereocenters. The summed E-state index contributed by atoms with van der Waals surface area (Å²) in [4.78, 5) is 49.7. The van der Waals surface area contributed by atoms with Crippen molar-refractivity contribution in [3.8, 4) is 0 Å². The number of thioether (sulfide) groups is 2. The number of carbonyl (C=O) groups is 3. The highest BCUT2D eigenvalue weighted by molar-refractivity contribution is 8.01. The molecule has 2 unspecified atom stereocenters. The van der Waals surface area contributed by atoms with Crippen LogP contribution in [0.3, 0.4) is 0 Å². The Morgan fingerprint density at radius 2 is 2.05 bits per heavy atom. The van der Waals surface area contributed by atoms with Crippen LogP contribution in [-0.4, -0.2) is 78.1 Å². The van der Waals surface area contributed by atoms with Crippen molar-refractivity contribution in [1.82, 2.24) is 25.4 Å². The summed E-state index contributed by atoms with van der Waals surface area (Å²) in [6.07, 6.45) is 0. The molecule has 1 aromatic carbocycles. The number of fused-ring (bicyclic) bond motifs is 1. The zero-order valence-electron chi connectivity index (χ0n) is 20.8. The number of aliphatic carboxylic acids is 1. The highest BCUT2D eigenvalue weighted by Gasteiger charge is 2.57. The van der Waals surface area contributed by atoms with Gasteiger partial charge >= 0.3 is 5.97 Å². The van der Waals surface area contributed by atoms with Crippen LogP contribution in [0, 0.1) is 5.41 Å². The van der Waals surface area contributed by atoms with Crippen LogP contribution in [0.25, 0.3) is 0 Å². The first-order valence-corrected chi connectivity index (χ1v) is 15.6. The van der Waals surface area contributed by atoms with E-state index in [0.29, 0.717) is 10.9 Å². The van der Waals surface area contributed by atoms with Crippen molar-refractivity contribution < 1.29 is 24.3 Å². The molecular formula is C23H24N8O5S4. The molecule has 17 heteroatoms. The molecule has 2 fully saturated rings. The number of carboxylic acid groups (broad SMARTS) is 1. The highest BCUT2D eigenvalue weighted by atomic mass is 32.2. The Balaban J connectivity index is 1.24. The zero-order valence-corrected chi connectivity index (χ0v) is 24.0. The molecule has 0 bridgehead atoms. The van der Waals surface area contributed by atoms with E-state index in [1.165, 1.54) is 39.8 Å². The number of hydrogen-bond donors (Lipinski definition) is 4. The van der Waals surface area contributed by atoms with Gasteiger partial charge in [0.25, 0.3) is 5.91 Å². The van der Waals surface area contributed by atoms with Crippen molar-refractivity contribution in [1.29, 1.82) is 0 Å². The Kier molecular flexibility index (Phi) is 8.55. The molecule has 5 rings (SSSR count). The summed E-state index contributed by atoms with van der Waals surface area (Å²) in [5.74, 6) is -1.49. The van der Waals surface area contributed by atoms with Crippen molar-refractivity contribution in [2.75, 3.05) is 23.8 Å². The van der Waals surface area contributed by atoms with E-state index >= 15 is 0 Å². The molecule has 0 aliphatic carbocycles. The number of anilines is 1. The van der Waals surface area contributed by atoms with E-state index in [-0.39, 0.29) is 47.1 Å². The fourth-order valence-corrected chi connectivity index (χ4v) is 7.98. The topological polar surface area (TPSA) is 199 Å². The lowest BCUT2D eigenvalue weighted by molar-refractivity contribution is -0.157. The Labute approximate surface area is 244 Å². The number of hydrogen-bond acceptors (Lipinski definition) is 14. The van der Waals surface area contributed by atoms with Gasteiger partial charge in [0.05, 0.1) is 0 Å². The van der Waals surface area contributed by atoms with E-state index in [4.69, 9.17) is 16.3 Å². The fraction of sp³-hybridized carbons (Fsp3) is 0.348. The number of benzene rings is 1. The number of rotatable bonds is 11. The summed E-state index contributed by atoms with van der Waals surface area (Å²) in [6.45, 7) is 0.556. The van der Waals surface area contributed by atoms with Gasteiger partial charge in [-0.05, 0) is 11.1 Å². The normalized spacial score (nSPS) is 22.4. The molecule has 2 aliphatic heterocycles. The number of oxime groups is 1. The average Bonchev–Trinajstić information content (AvgIpc) is 3.64. The third-order valence-corrected chi connectivity index (χ3v) is 10.7. The lowest BCUT2D eigenvalue weighted by Crippen LogP contribution is -2.74. The second-order valence-corrected chi connectivity index (χ2v) is 13.1.